The van der Waals surface area contributed by atoms with Gasteiger partial charge in [0.15, 0.2) is 5.82 Å². The summed E-state index contributed by atoms with van der Waals surface area (Å²) in [5.41, 5.74) is 2.58. The Hall–Kier alpha value is -3.61. The number of hydrogen-bond acceptors (Lipinski definition) is 5. The molecule has 0 spiro atoms. The molecule has 0 unspecified atom stereocenters. The minimum Gasteiger partial charge on any atom is -0.370 e. The number of rotatable bonds is 7. The van der Waals surface area contributed by atoms with Gasteiger partial charge < -0.3 is 20.1 Å². The Bertz CT molecular complexity index is 984. The largest absolute Gasteiger partial charge is 0.370 e. The summed E-state index contributed by atoms with van der Waals surface area (Å²) in [6, 6.07) is 18.3. The third-order valence-electron chi connectivity index (χ3n) is 4.43. The number of hydrogen-bond donors (Lipinski definition) is 2. The lowest BCUT2D eigenvalue weighted by Gasteiger charge is -2.20. The zero-order valence-corrected chi connectivity index (χ0v) is 16.7. The Morgan fingerprint density at radius 3 is 2.55 bits per heavy atom. The second kappa shape index (κ2) is 9.05. The summed E-state index contributed by atoms with van der Waals surface area (Å²) < 4.78 is 4.92. The first-order valence-corrected chi connectivity index (χ1v) is 9.32. The van der Waals surface area contributed by atoms with Gasteiger partial charge >= 0.3 is 0 Å². The fraction of sp³-hybridized carbons (Fsp3) is 0.227. The van der Waals surface area contributed by atoms with Crippen molar-refractivity contribution in [1.82, 2.24) is 10.5 Å². The molecule has 0 aliphatic rings. The summed E-state index contributed by atoms with van der Waals surface area (Å²) in [6.45, 7) is 4.07. The van der Waals surface area contributed by atoms with Crippen molar-refractivity contribution in [3.63, 3.8) is 0 Å². The molecule has 0 saturated carbocycles. The van der Waals surface area contributed by atoms with Crippen molar-refractivity contribution < 1.29 is 14.1 Å². The van der Waals surface area contributed by atoms with E-state index in [2.05, 4.69) is 32.8 Å². The summed E-state index contributed by atoms with van der Waals surface area (Å²) in [6.07, 6.45) is 0. The maximum absolute atomic E-state index is 12.6. The number of nitrogens with zero attached hydrogens (tertiary/aromatic N) is 2. The Morgan fingerprint density at radius 1 is 1.10 bits per heavy atom. The van der Waals surface area contributed by atoms with Gasteiger partial charge in [-0.1, -0.05) is 41.6 Å². The number of nitrogens with one attached hydrogen (secondary N) is 2. The lowest BCUT2D eigenvalue weighted by Crippen LogP contribution is -2.41. The molecule has 0 radical (unpaired) electrons. The van der Waals surface area contributed by atoms with Gasteiger partial charge in [0.2, 0.25) is 5.91 Å². The van der Waals surface area contributed by atoms with Gasteiger partial charge in [-0.15, -0.1) is 0 Å². The molecule has 29 heavy (non-hydrogen) atoms. The molecule has 0 aliphatic carbocycles. The summed E-state index contributed by atoms with van der Waals surface area (Å²) in [5.74, 6) is 0.217. The normalized spacial score (nSPS) is 11.6. The van der Waals surface area contributed by atoms with Crippen LogP contribution in [0.2, 0.25) is 0 Å². The van der Waals surface area contributed by atoms with Crippen LogP contribution >= 0.6 is 0 Å². The molecule has 2 amide bonds. The average Bonchev–Trinajstić information content (AvgIpc) is 3.13. The second-order valence-corrected chi connectivity index (χ2v) is 6.90. The van der Waals surface area contributed by atoms with Crippen LogP contribution in [0.5, 0.6) is 0 Å². The van der Waals surface area contributed by atoms with Gasteiger partial charge in [0, 0.05) is 30.9 Å². The monoisotopic (exact) mass is 392 g/mol. The van der Waals surface area contributed by atoms with E-state index >= 15 is 0 Å². The molecule has 2 aromatic carbocycles. The topological polar surface area (TPSA) is 87.5 Å². The molecule has 3 rings (SSSR count). The van der Waals surface area contributed by atoms with Gasteiger partial charge in [-0.05, 0) is 37.6 Å². The minimum absolute atomic E-state index is 0.318. The Balaban J connectivity index is 1.61. The molecule has 1 heterocycles. The van der Waals surface area contributed by atoms with Gasteiger partial charge in [0.1, 0.15) is 11.8 Å². The van der Waals surface area contributed by atoms with E-state index in [1.165, 1.54) is 5.56 Å². The van der Waals surface area contributed by atoms with Crippen LogP contribution in [-0.4, -0.2) is 30.1 Å². The van der Waals surface area contributed by atoms with Crippen molar-refractivity contribution in [2.75, 3.05) is 17.3 Å². The summed E-state index contributed by atoms with van der Waals surface area (Å²) in [7, 11) is 1.97. The molecule has 7 heteroatoms. The number of carbonyl (C=O) groups is 2. The molecule has 1 aromatic heterocycles. The summed E-state index contributed by atoms with van der Waals surface area (Å²) in [4.78, 5) is 26.9. The van der Waals surface area contributed by atoms with E-state index in [0.29, 0.717) is 17.1 Å². The summed E-state index contributed by atoms with van der Waals surface area (Å²) in [5, 5.41) is 9.04. The molecular formula is C22H24N4O3. The van der Waals surface area contributed by atoms with Crippen LogP contribution in [-0.2, 0) is 11.3 Å². The van der Waals surface area contributed by atoms with E-state index in [1.54, 1.807) is 26.0 Å². The van der Waals surface area contributed by atoms with Crippen molar-refractivity contribution in [1.29, 1.82) is 0 Å². The molecule has 150 valence electrons. The van der Waals surface area contributed by atoms with Gasteiger partial charge in [0.25, 0.3) is 5.91 Å². The van der Waals surface area contributed by atoms with Crippen molar-refractivity contribution in [3.8, 4) is 0 Å². The van der Waals surface area contributed by atoms with Crippen LogP contribution in [0.3, 0.4) is 0 Å². The molecule has 0 saturated heterocycles. The van der Waals surface area contributed by atoms with Crippen molar-refractivity contribution in [2.24, 2.45) is 0 Å². The number of aryl methyl sites for hydroxylation is 1. The number of amides is 2. The minimum atomic E-state index is -0.731. The van der Waals surface area contributed by atoms with Crippen molar-refractivity contribution in [2.45, 2.75) is 26.4 Å². The molecular weight excluding hydrogens is 368 g/mol. The molecule has 2 N–H and O–H groups in total. The Morgan fingerprint density at radius 2 is 1.86 bits per heavy atom. The number of aromatic nitrogens is 1. The van der Waals surface area contributed by atoms with Crippen LogP contribution in [0, 0.1) is 6.92 Å². The third-order valence-corrected chi connectivity index (χ3v) is 4.43. The first-order chi connectivity index (χ1) is 13.9. The van der Waals surface area contributed by atoms with E-state index in [0.717, 1.165) is 12.2 Å². The second-order valence-electron chi connectivity index (χ2n) is 6.90. The zero-order chi connectivity index (χ0) is 20.8. The Labute approximate surface area is 169 Å². The molecule has 1 atom stereocenters. The predicted octanol–water partition coefficient (Wildman–Crippen LogP) is 3.38. The lowest BCUT2D eigenvalue weighted by molar-refractivity contribution is -0.117. The predicted molar refractivity (Wildman–Crippen MR) is 112 cm³/mol. The van der Waals surface area contributed by atoms with Gasteiger partial charge in [-0.3, -0.25) is 9.59 Å². The fourth-order valence-corrected chi connectivity index (χ4v) is 2.84. The molecule has 0 fully saturated rings. The highest BCUT2D eigenvalue weighted by Crippen LogP contribution is 2.17. The van der Waals surface area contributed by atoms with Crippen molar-refractivity contribution >= 4 is 23.3 Å². The van der Waals surface area contributed by atoms with Crippen LogP contribution in [0.25, 0.3) is 0 Å². The van der Waals surface area contributed by atoms with E-state index < -0.39 is 6.04 Å². The SMILES string of the molecule is Cc1cc(NC(=O)[C@@H](C)NC(=O)c2cccc(N(C)Cc3ccccc3)c2)no1. The molecule has 0 bridgehead atoms. The maximum atomic E-state index is 12.6. The maximum Gasteiger partial charge on any atom is 0.251 e. The quantitative estimate of drug-likeness (QED) is 0.644. The van der Waals surface area contributed by atoms with E-state index in [-0.39, 0.29) is 11.8 Å². The van der Waals surface area contributed by atoms with Crippen LogP contribution < -0.4 is 15.5 Å². The van der Waals surface area contributed by atoms with Crippen LogP contribution in [0.1, 0.15) is 28.6 Å². The number of anilines is 2. The average molecular weight is 392 g/mol. The third kappa shape index (κ3) is 5.44. The molecule has 7 nitrogen and oxygen atoms in total. The van der Waals surface area contributed by atoms with Gasteiger partial charge in [0.05, 0.1) is 0 Å². The first kappa shape index (κ1) is 20.1. The Kier molecular flexibility index (Phi) is 6.29. The zero-order valence-electron chi connectivity index (χ0n) is 16.7. The van der Waals surface area contributed by atoms with Crippen LogP contribution in [0.4, 0.5) is 11.5 Å². The highest BCUT2D eigenvalue weighted by Gasteiger charge is 2.18. The standard InChI is InChI=1S/C22H24N4O3/c1-15-12-20(25-29-15)24-21(27)16(2)23-22(28)18-10-7-11-19(13-18)26(3)14-17-8-5-4-6-9-17/h4-13,16H,14H2,1-3H3,(H,23,28)(H,24,25,27)/t16-/m1/s1. The summed E-state index contributed by atoms with van der Waals surface area (Å²) >= 11 is 0. The molecule has 3 aromatic rings. The van der Waals surface area contributed by atoms with E-state index in [9.17, 15) is 9.59 Å². The highest BCUT2D eigenvalue weighted by atomic mass is 16.5. The van der Waals surface area contributed by atoms with Gasteiger partial charge in [-0.2, -0.15) is 0 Å². The van der Waals surface area contributed by atoms with Crippen LogP contribution in [0.15, 0.2) is 65.2 Å². The lowest BCUT2D eigenvalue weighted by atomic mass is 10.1. The molecule has 0 aliphatic heterocycles. The fourth-order valence-electron chi connectivity index (χ4n) is 2.84. The van der Waals surface area contributed by atoms with E-state index in [4.69, 9.17) is 4.52 Å². The number of benzene rings is 2. The first-order valence-electron chi connectivity index (χ1n) is 9.32. The highest BCUT2D eigenvalue weighted by molar-refractivity contribution is 6.01. The van der Waals surface area contributed by atoms with Crippen molar-refractivity contribution in [3.05, 3.63) is 77.6 Å². The smallest absolute Gasteiger partial charge is 0.251 e. The number of carbonyl (C=O) groups excluding carboxylic acids is 2. The van der Waals surface area contributed by atoms with Gasteiger partial charge in [-0.25, -0.2) is 0 Å². The van der Waals surface area contributed by atoms with E-state index in [1.807, 2.05) is 43.4 Å².